The van der Waals surface area contributed by atoms with Crippen LogP contribution in [0.1, 0.15) is 36.6 Å². The van der Waals surface area contributed by atoms with E-state index in [0.29, 0.717) is 18.5 Å². The highest BCUT2D eigenvalue weighted by Crippen LogP contribution is 2.20. The fourth-order valence-corrected chi connectivity index (χ4v) is 3.78. The molecule has 0 saturated carbocycles. The van der Waals surface area contributed by atoms with Gasteiger partial charge in [0.05, 0.1) is 6.54 Å². The van der Waals surface area contributed by atoms with Crippen molar-refractivity contribution >= 4 is 11.8 Å². The first-order chi connectivity index (χ1) is 15.6. The summed E-state index contributed by atoms with van der Waals surface area (Å²) >= 11 is 0. The van der Waals surface area contributed by atoms with Gasteiger partial charge in [0.2, 0.25) is 5.89 Å². The van der Waals surface area contributed by atoms with Gasteiger partial charge in [0.1, 0.15) is 17.8 Å². The van der Waals surface area contributed by atoms with E-state index in [4.69, 9.17) is 9.41 Å². The molecular formula is C25H32N6O. The van der Waals surface area contributed by atoms with Crippen molar-refractivity contribution in [2.24, 2.45) is 4.99 Å². The number of nitrogens with zero attached hydrogens (tertiary/aromatic N) is 4. The summed E-state index contributed by atoms with van der Waals surface area (Å²) in [4.78, 5) is 16.2. The largest absolute Gasteiger partial charge is 0.444 e. The van der Waals surface area contributed by atoms with E-state index < -0.39 is 0 Å². The normalized spacial score (nSPS) is 15.1. The lowest BCUT2D eigenvalue weighted by Gasteiger charge is -2.33. The van der Waals surface area contributed by atoms with Crippen molar-refractivity contribution in [3.05, 3.63) is 65.7 Å². The van der Waals surface area contributed by atoms with Crippen LogP contribution in [0, 0.1) is 13.8 Å². The summed E-state index contributed by atoms with van der Waals surface area (Å²) in [5, 5.41) is 6.93. The number of aromatic nitrogens is 2. The molecule has 2 aromatic heterocycles. The number of aliphatic imine (C=N–C) groups is 1. The van der Waals surface area contributed by atoms with Gasteiger partial charge in [0.25, 0.3) is 0 Å². The Bertz CT molecular complexity index is 1020. The zero-order valence-corrected chi connectivity index (χ0v) is 19.1. The minimum Gasteiger partial charge on any atom is -0.444 e. The van der Waals surface area contributed by atoms with Gasteiger partial charge in [-0.2, -0.15) is 0 Å². The molecule has 2 N–H and O–H groups in total. The number of pyridine rings is 1. The van der Waals surface area contributed by atoms with Gasteiger partial charge in [-0.15, -0.1) is 0 Å². The van der Waals surface area contributed by atoms with E-state index in [9.17, 15) is 0 Å². The van der Waals surface area contributed by atoms with Gasteiger partial charge in [0.15, 0.2) is 5.96 Å². The first-order valence-electron chi connectivity index (χ1n) is 11.3. The maximum absolute atomic E-state index is 5.66. The maximum Gasteiger partial charge on any atom is 0.226 e. The van der Waals surface area contributed by atoms with Gasteiger partial charge in [0, 0.05) is 37.4 Å². The van der Waals surface area contributed by atoms with Crippen molar-refractivity contribution in [2.75, 3.05) is 24.5 Å². The molecule has 3 heterocycles. The molecule has 0 atom stereocenters. The second kappa shape index (κ2) is 10.3. The molecule has 0 radical (unpaired) electrons. The van der Waals surface area contributed by atoms with Crippen LogP contribution in [0.25, 0.3) is 11.5 Å². The molecule has 7 nitrogen and oxygen atoms in total. The number of piperidine rings is 1. The van der Waals surface area contributed by atoms with Crippen molar-refractivity contribution in [3.63, 3.8) is 0 Å². The lowest BCUT2D eigenvalue weighted by Crippen LogP contribution is -2.48. The average molecular weight is 433 g/mol. The summed E-state index contributed by atoms with van der Waals surface area (Å²) in [6.45, 7) is 9.46. The molecular weight excluding hydrogens is 400 g/mol. The number of anilines is 1. The number of benzene rings is 1. The van der Waals surface area contributed by atoms with Crippen molar-refractivity contribution < 1.29 is 4.42 Å². The molecule has 1 aliphatic rings. The first-order valence-corrected chi connectivity index (χ1v) is 11.3. The number of nitrogens with one attached hydrogen (secondary N) is 2. The van der Waals surface area contributed by atoms with E-state index in [-0.39, 0.29) is 0 Å². The predicted molar refractivity (Wildman–Crippen MR) is 129 cm³/mol. The molecule has 0 spiro atoms. The van der Waals surface area contributed by atoms with Crippen LogP contribution in [-0.4, -0.2) is 41.6 Å². The van der Waals surface area contributed by atoms with Gasteiger partial charge >= 0.3 is 0 Å². The Morgan fingerprint density at radius 3 is 2.53 bits per heavy atom. The highest BCUT2D eigenvalue weighted by molar-refractivity contribution is 5.80. The number of rotatable bonds is 6. The molecule has 0 amide bonds. The second-order valence-corrected chi connectivity index (χ2v) is 8.30. The van der Waals surface area contributed by atoms with Crippen LogP contribution < -0.4 is 15.5 Å². The third-order valence-electron chi connectivity index (χ3n) is 5.65. The van der Waals surface area contributed by atoms with E-state index in [1.807, 2.05) is 18.3 Å². The number of guanidine groups is 1. The van der Waals surface area contributed by atoms with Gasteiger partial charge in [-0.05, 0) is 57.4 Å². The third-order valence-corrected chi connectivity index (χ3v) is 5.65. The smallest absolute Gasteiger partial charge is 0.226 e. The molecule has 1 aromatic carbocycles. The topological polar surface area (TPSA) is 78.6 Å². The minimum absolute atomic E-state index is 0.384. The monoisotopic (exact) mass is 432 g/mol. The van der Waals surface area contributed by atoms with E-state index in [0.717, 1.165) is 55.5 Å². The standard InChI is InChI=1S/C25H32N6O/c1-4-26-25(28-16-22-17-32-24(29-22)20-8-5-18(2)6-9-20)30-21-11-13-31(14-12-21)23-10-7-19(3)15-27-23/h5-10,15,17,21H,4,11-14,16H2,1-3H3,(H2,26,28,30). The Balaban J connectivity index is 1.33. The van der Waals surface area contributed by atoms with Crippen LogP contribution >= 0.6 is 0 Å². The van der Waals surface area contributed by atoms with Gasteiger partial charge in [-0.25, -0.2) is 15.0 Å². The summed E-state index contributed by atoms with van der Waals surface area (Å²) in [7, 11) is 0. The fraction of sp³-hybridized carbons (Fsp3) is 0.400. The molecule has 3 aromatic rings. The Kier molecular flexibility index (Phi) is 7.04. The highest BCUT2D eigenvalue weighted by Gasteiger charge is 2.21. The summed E-state index contributed by atoms with van der Waals surface area (Å²) in [5.74, 6) is 2.51. The van der Waals surface area contributed by atoms with Crippen LogP contribution in [-0.2, 0) is 6.54 Å². The summed E-state index contributed by atoms with van der Waals surface area (Å²) < 4.78 is 5.66. The number of aryl methyl sites for hydroxylation is 2. The van der Waals surface area contributed by atoms with Crippen molar-refractivity contribution in [3.8, 4) is 11.5 Å². The van der Waals surface area contributed by atoms with Gasteiger partial charge in [-0.1, -0.05) is 23.8 Å². The lowest BCUT2D eigenvalue weighted by atomic mass is 10.1. The molecule has 7 heteroatoms. The predicted octanol–water partition coefficient (Wildman–Crippen LogP) is 4.08. The van der Waals surface area contributed by atoms with Gasteiger partial charge in [-0.3, -0.25) is 0 Å². The van der Waals surface area contributed by atoms with Crippen LogP contribution in [0.15, 0.2) is 58.3 Å². The molecule has 0 aliphatic carbocycles. The SMILES string of the molecule is CCNC(=NCc1coc(-c2ccc(C)cc2)n1)NC1CCN(c2ccc(C)cn2)CC1. The second-order valence-electron chi connectivity index (χ2n) is 8.30. The quantitative estimate of drug-likeness (QED) is 0.451. The van der Waals surface area contributed by atoms with E-state index in [1.165, 1.54) is 11.1 Å². The van der Waals surface area contributed by atoms with Crippen LogP contribution in [0.3, 0.4) is 0 Å². The fourth-order valence-electron chi connectivity index (χ4n) is 3.78. The van der Waals surface area contributed by atoms with E-state index in [1.54, 1.807) is 6.26 Å². The van der Waals surface area contributed by atoms with Gasteiger partial charge < -0.3 is 20.0 Å². The number of hydrogen-bond acceptors (Lipinski definition) is 5. The minimum atomic E-state index is 0.384. The van der Waals surface area contributed by atoms with E-state index in [2.05, 4.69) is 70.5 Å². The first kappa shape index (κ1) is 21.9. The molecule has 0 bridgehead atoms. The van der Waals surface area contributed by atoms with Crippen LogP contribution in [0.2, 0.25) is 0 Å². The highest BCUT2D eigenvalue weighted by atomic mass is 16.3. The molecule has 168 valence electrons. The Hall–Kier alpha value is -3.35. The van der Waals surface area contributed by atoms with Crippen molar-refractivity contribution in [2.45, 2.75) is 46.2 Å². The summed E-state index contributed by atoms with van der Waals surface area (Å²) in [5.41, 5.74) is 4.20. The zero-order chi connectivity index (χ0) is 22.3. The Morgan fingerprint density at radius 1 is 1.09 bits per heavy atom. The number of oxazole rings is 1. The third kappa shape index (κ3) is 5.66. The Morgan fingerprint density at radius 2 is 1.84 bits per heavy atom. The number of hydrogen-bond donors (Lipinski definition) is 2. The van der Waals surface area contributed by atoms with E-state index >= 15 is 0 Å². The zero-order valence-electron chi connectivity index (χ0n) is 19.1. The molecule has 0 unspecified atom stereocenters. The van der Waals surface area contributed by atoms with Crippen LogP contribution in [0.5, 0.6) is 0 Å². The van der Waals surface area contributed by atoms with Crippen LogP contribution in [0.4, 0.5) is 5.82 Å². The molecule has 4 rings (SSSR count). The molecule has 1 saturated heterocycles. The molecule has 1 aliphatic heterocycles. The van der Waals surface area contributed by atoms with Crippen molar-refractivity contribution in [1.82, 2.24) is 20.6 Å². The average Bonchev–Trinajstić information content (AvgIpc) is 3.28. The summed E-state index contributed by atoms with van der Waals surface area (Å²) in [6.07, 6.45) is 5.71. The Labute approximate surface area is 190 Å². The molecule has 1 fully saturated rings. The van der Waals surface area contributed by atoms with Crippen molar-refractivity contribution in [1.29, 1.82) is 0 Å². The molecule has 32 heavy (non-hydrogen) atoms. The lowest BCUT2D eigenvalue weighted by molar-refractivity contribution is 0.459. The summed E-state index contributed by atoms with van der Waals surface area (Å²) in [6, 6.07) is 12.8. The maximum atomic E-state index is 5.66.